The van der Waals surface area contributed by atoms with Crippen molar-refractivity contribution in [1.82, 2.24) is 20.2 Å². The lowest BCUT2D eigenvalue weighted by atomic mass is 9.95. The van der Waals surface area contributed by atoms with Gasteiger partial charge in [-0.2, -0.15) is 0 Å². The molecule has 1 aliphatic rings. The zero-order valence-electron chi connectivity index (χ0n) is 12.2. The maximum atomic E-state index is 12.2. The SMILES string of the molecule is CCC(N)C(=O)Nn1cnnc1C(=O)NC1CCCCC1. The molecule has 21 heavy (non-hydrogen) atoms. The van der Waals surface area contributed by atoms with Gasteiger partial charge in [-0.25, -0.2) is 4.68 Å². The lowest BCUT2D eigenvalue weighted by molar-refractivity contribution is -0.118. The summed E-state index contributed by atoms with van der Waals surface area (Å²) in [6, 6.07) is -0.452. The van der Waals surface area contributed by atoms with Crippen LogP contribution in [0.4, 0.5) is 0 Å². The first kappa shape index (κ1) is 15.4. The van der Waals surface area contributed by atoms with E-state index in [-0.39, 0.29) is 23.7 Å². The van der Waals surface area contributed by atoms with Crippen LogP contribution in [-0.2, 0) is 4.79 Å². The van der Waals surface area contributed by atoms with Crippen LogP contribution >= 0.6 is 0 Å². The van der Waals surface area contributed by atoms with Crippen molar-refractivity contribution >= 4 is 11.8 Å². The molecule has 0 aliphatic heterocycles. The Labute approximate surface area is 123 Å². The maximum Gasteiger partial charge on any atom is 0.291 e. The highest BCUT2D eigenvalue weighted by atomic mass is 16.2. The molecule has 0 saturated heterocycles. The highest BCUT2D eigenvalue weighted by Gasteiger charge is 2.21. The third-order valence-corrected chi connectivity index (χ3v) is 3.70. The van der Waals surface area contributed by atoms with E-state index in [9.17, 15) is 9.59 Å². The first-order valence-electron chi connectivity index (χ1n) is 7.39. The van der Waals surface area contributed by atoms with E-state index in [1.165, 1.54) is 17.4 Å². The van der Waals surface area contributed by atoms with Gasteiger partial charge < -0.3 is 11.1 Å². The largest absolute Gasteiger partial charge is 0.347 e. The average Bonchev–Trinajstić information content (AvgIpc) is 2.95. The number of hydrogen-bond acceptors (Lipinski definition) is 5. The predicted molar refractivity (Wildman–Crippen MR) is 77.0 cm³/mol. The van der Waals surface area contributed by atoms with Crippen molar-refractivity contribution in [2.75, 3.05) is 5.43 Å². The number of hydrogen-bond donors (Lipinski definition) is 3. The van der Waals surface area contributed by atoms with E-state index < -0.39 is 6.04 Å². The van der Waals surface area contributed by atoms with Crippen LogP contribution in [0.5, 0.6) is 0 Å². The van der Waals surface area contributed by atoms with Gasteiger partial charge in [0.25, 0.3) is 11.8 Å². The van der Waals surface area contributed by atoms with Crippen molar-refractivity contribution in [3.63, 3.8) is 0 Å². The van der Waals surface area contributed by atoms with E-state index in [1.807, 2.05) is 6.92 Å². The van der Waals surface area contributed by atoms with Crippen molar-refractivity contribution in [3.05, 3.63) is 12.2 Å². The van der Waals surface area contributed by atoms with Gasteiger partial charge in [-0.1, -0.05) is 26.2 Å². The number of carbonyl (C=O) groups excluding carboxylic acids is 2. The molecule has 1 unspecified atom stereocenters. The van der Waals surface area contributed by atoms with Gasteiger partial charge in [-0.15, -0.1) is 10.2 Å². The van der Waals surface area contributed by atoms with Crippen molar-refractivity contribution in [1.29, 1.82) is 0 Å². The van der Waals surface area contributed by atoms with Crippen LogP contribution in [0.2, 0.25) is 0 Å². The first-order chi connectivity index (χ1) is 10.1. The summed E-state index contributed by atoms with van der Waals surface area (Å²) in [6.07, 6.45) is 7.22. The van der Waals surface area contributed by atoms with Crippen LogP contribution in [0.25, 0.3) is 0 Å². The van der Waals surface area contributed by atoms with Gasteiger partial charge in [0.2, 0.25) is 5.82 Å². The quantitative estimate of drug-likeness (QED) is 0.715. The summed E-state index contributed by atoms with van der Waals surface area (Å²) < 4.78 is 1.22. The van der Waals surface area contributed by atoms with Crippen molar-refractivity contribution in [3.8, 4) is 0 Å². The van der Waals surface area contributed by atoms with Crippen molar-refractivity contribution < 1.29 is 9.59 Å². The van der Waals surface area contributed by atoms with E-state index in [4.69, 9.17) is 5.73 Å². The molecule has 116 valence electrons. The summed E-state index contributed by atoms with van der Waals surface area (Å²) in [7, 11) is 0. The topological polar surface area (TPSA) is 115 Å². The molecule has 2 amide bonds. The minimum atomic E-state index is -0.623. The molecule has 0 radical (unpaired) electrons. The minimum Gasteiger partial charge on any atom is -0.347 e. The number of carbonyl (C=O) groups is 2. The highest BCUT2D eigenvalue weighted by Crippen LogP contribution is 2.17. The second-order valence-corrected chi connectivity index (χ2v) is 5.32. The van der Waals surface area contributed by atoms with Crippen molar-refractivity contribution in [2.24, 2.45) is 5.73 Å². The van der Waals surface area contributed by atoms with Crippen LogP contribution in [-0.4, -0.2) is 38.8 Å². The summed E-state index contributed by atoms with van der Waals surface area (Å²) >= 11 is 0. The number of aromatic nitrogens is 3. The molecule has 1 aromatic rings. The molecule has 1 aromatic heterocycles. The number of rotatable bonds is 5. The van der Waals surface area contributed by atoms with E-state index in [0.29, 0.717) is 6.42 Å². The smallest absolute Gasteiger partial charge is 0.291 e. The minimum absolute atomic E-state index is 0.0669. The first-order valence-corrected chi connectivity index (χ1v) is 7.39. The molecule has 1 atom stereocenters. The highest BCUT2D eigenvalue weighted by molar-refractivity contribution is 5.93. The standard InChI is InChI=1S/C13H22N6O2/c1-2-10(14)12(20)18-19-8-15-17-11(19)13(21)16-9-6-4-3-5-7-9/h8-10H,2-7,14H2,1H3,(H,16,21)(H,18,20). The molecule has 1 saturated carbocycles. The third kappa shape index (κ3) is 4.01. The summed E-state index contributed by atoms with van der Waals surface area (Å²) in [5, 5.41) is 10.4. The van der Waals surface area contributed by atoms with Crippen LogP contribution in [0.1, 0.15) is 56.1 Å². The van der Waals surface area contributed by atoms with E-state index in [1.54, 1.807) is 0 Å². The maximum absolute atomic E-state index is 12.2. The van der Waals surface area contributed by atoms with Crippen molar-refractivity contribution in [2.45, 2.75) is 57.5 Å². The molecule has 4 N–H and O–H groups in total. The molecule has 8 heteroatoms. The van der Waals surface area contributed by atoms with Gasteiger partial charge in [0.1, 0.15) is 6.33 Å². The average molecular weight is 294 g/mol. The third-order valence-electron chi connectivity index (χ3n) is 3.70. The Kier molecular flexibility index (Phi) is 5.26. The zero-order valence-corrected chi connectivity index (χ0v) is 12.2. The molecule has 1 aliphatic carbocycles. The van der Waals surface area contributed by atoms with Crippen LogP contribution in [0.15, 0.2) is 6.33 Å². The van der Waals surface area contributed by atoms with Gasteiger partial charge in [-0.3, -0.25) is 15.0 Å². The summed E-state index contributed by atoms with van der Waals surface area (Å²) in [6.45, 7) is 1.81. The normalized spacial score (nSPS) is 17.2. The summed E-state index contributed by atoms with van der Waals surface area (Å²) in [5.74, 6) is -0.633. The number of amides is 2. The predicted octanol–water partition coefficient (Wildman–Crippen LogP) is 0.148. The van der Waals surface area contributed by atoms with Crippen LogP contribution in [0.3, 0.4) is 0 Å². The fraction of sp³-hybridized carbons (Fsp3) is 0.692. The molecule has 1 heterocycles. The summed E-state index contributed by atoms with van der Waals surface area (Å²) in [5.41, 5.74) is 8.17. The molecule has 1 fully saturated rings. The fourth-order valence-electron chi connectivity index (χ4n) is 2.36. The summed E-state index contributed by atoms with van der Waals surface area (Å²) in [4.78, 5) is 24.0. The van der Waals surface area contributed by atoms with Gasteiger partial charge in [0.15, 0.2) is 0 Å². The van der Waals surface area contributed by atoms with Gasteiger partial charge >= 0.3 is 0 Å². The van der Waals surface area contributed by atoms with Crippen LogP contribution in [0, 0.1) is 0 Å². The number of nitrogens with two attached hydrogens (primary N) is 1. The Hall–Kier alpha value is -1.96. The zero-order chi connectivity index (χ0) is 15.2. The van der Waals surface area contributed by atoms with Crippen LogP contribution < -0.4 is 16.5 Å². The van der Waals surface area contributed by atoms with Gasteiger partial charge in [-0.05, 0) is 19.3 Å². The Bertz CT molecular complexity index is 495. The second-order valence-electron chi connectivity index (χ2n) is 5.32. The number of nitrogens with zero attached hydrogens (tertiary/aromatic N) is 3. The molecule has 0 aromatic carbocycles. The second kappa shape index (κ2) is 7.16. The van der Waals surface area contributed by atoms with E-state index >= 15 is 0 Å². The lowest BCUT2D eigenvalue weighted by Crippen LogP contribution is -2.42. The monoisotopic (exact) mass is 294 g/mol. The molecule has 8 nitrogen and oxygen atoms in total. The molecule has 0 spiro atoms. The molecular weight excluding hydrogens is 272 g/mol. The Balaban J connectivity index is 1.98. The van der Waals surface area contributed by atoms with Gasteiger partial charge in [0.05, 0.1) is 6.04 Å². The van der Waals surface area contributed by atoms with Gasteiger partial charge in [0, 0.05) is 6.04 Å². The van der Waals surface area contributed by atoms with E-state index in [2.05, 4.69) is 20.9 Å². The fourth-order valence-corrected chi connectivity index (χ4v) is 2.36. The molecule has 2 rings (SSSR count). The Morgan fingerprint density at radius 3 is 2.81 bits per heavy atom. The Morgan fingerprint density at radius 2 is 2.14 bits per heavy atom. The molecular formula is C13H22N6O2. The number of nitrogens with one attached hydrogen (secondary N) is 2. The Morgan fingerprint density at radius 1 is 1.43 bits per heavy atom. The lowest BCUT2D eigenvalue weighted by Gasteiger charge is -2.22. The van der Waals surface area contributed by atoms with E-state index in [0.717, 1.165) is 25.7 Å². The molecule has 0 bridgehead atoms.